The van der Waals surface area contributed by atoms with Gasteiger partial charge in [0, 0.05) is 5.69 Å². The molecule has 0 spiro atoms. The minimum Gasteiger partial charge on any atom is -0.495 e. The van der Waals surface area contributed by atoms with Crippen molar-refractivity contribution in [1.29, 1.82) is 0 Å². The van der Waals surface area contributed by atoms with E-state index in [2.05, 4.69) is 5.32 Å². The van der Waals surface area contributed by atoms with E-state index in [0.717, 1.165) is 32.1 Å². The first-order chi connectivity index (χ1) is 15.5. The summed E-state index contributed by atoms with van der Waals surface area (Å²) in [5, 5.41) is 2.84. The SMILES string of the molecule is COc1ccc(C)cc1S(=O)(=O)N(CC(=O)Nc1cc(C)cc(C)c1)c1ccc(C)c(C)c1. The molecule has 1 N–H and O–H groups in total. The molecule has 0 atom stereocenters. The second kappa shape index (κ2) is 9.67. The zero-order chi connectivity index (χ0) is 24.3. The predicted molar refractivity (Wildman–Crippen MR) is 133 cm³/mol. The van der Waals surface area contributed by atoms with Crippen molar-refractivity contribution in [2.24, 2.45) is 0 Å². The second-order valence-corrected chi connectivity index (χ2v) is 10.2. The molecule has 3 rings (SSSR count). The lowest BCUT2D eigenvalue weighted by Gasteiger charge is -2.26. The van der Waals surface area contributed by atoms with Crippen molar-refractivity contribution in [3.63, 3.8) is 0 Å². The Morgan fingerprint density at radius 3 is 2.12 bits per heavy atom. The number of amides is 1. The summed E-state index contributed by atoms with van der Waals surface area (Å²) in [7, 11) is -2.68. The first kappa shape index (κ1) is 24.3. The maximum absolute atomic E-state index is 13.8. The van der Waals surface area contributed by atoms with Crippen LogP contribution in [0, 0.1) is 34.6 Å². The highest BCUT2D eigenvalue weighted by molar-refractivity contribution is 7.93. The third-order valence-corrected chi connectivity index (χ3v) is 7.25. The Hall–Kier alpha value is -3.32. The molecule has 7 heteroatoms. The van der Waals surface area contributed by atoms with Crippen LogP contribution in [0.2, 0.25) is 0 Å². The number of methoxy groups -OCH3 is 1. The molecule has 174 valence electrons. The van der Waals surface area contributed by atoms with Gasteiger partial charge in [-0.3, -0.25) is 9.10 Å². The van der Waals surface area contributed by atoms with Crippen LogP contribution >= 0.6 is 0 Å². The van der Waals surface area contributed by atoms with Crippen LogP contribution < -0.4 is 14.4 Å². The first-order valence-electron chi connectivity index (χ1n) is 10.6. The van der Waals surface area contributed by atoms with E-state index >= 15 is 0 Å². The van der Waals surface area contributed by atoms with Crippen LogP contribution in [-0.2, 0) is 14.8 Å². The zero-order valence-electron chi connectivity index (χ0n) is 19.9. The van der Waals surface area contributed by atoms with E-state index in [1.165, 1.54) is 7.11 Å². The Balaban J connectivity index is 2.05. The molecule has 0 heterocycles. The van der Waals surface area contributed by atoms with E-state index in [1.807, 2.05) is 58.9 Å². The number of nitrogens with zero attached hydrogens (tertiary/aromatic N) is 1. The summed E-state index contributed by atoms with van der Waals surface area (Å²) < 4.78 is 34.1. The average molecular weight is 467 g/mol. The van der Waals surface area contributed by atoms with Gasteiger partial charge in [0.05, 0.1) is 12.8 Å². The summed E-state index contributed by atoms with van der Waals surface area (Å²) in [6.45, 7) is 9.18. The molecular weight excluding hydrogens is 436 g/mol. The fourth-order valence-electron chi connectivity index (χ4n) is 3.68. The minimum atomic E-state index is -4.11. The van der Waals surface area contributed by atoms with Crippen LogP contribution in [0.15, 0.2) is 59.5 Å². The molecule has 0 aliphatic carbocycles. The van der Waals surface area contributed by atoms with Gasteiger partial charge < -0.3 is 10.1 Å². The lowest BCUT2D eigenvalue weighted by atomic mass is 10.1. The number of rotatable bonds is 7. The minimum absolute atomic E-state index is 0.0161. The molecule has 0 saturated carbocycles. The van der Waals surface area contributed by atoms with Crippen LogP contribution in [0.3, 0.4) is 0 Å². The number of ether oxygens (including phenoxy) is 1. The quantitative estimate of drug-likeness (QED) is 0.527. The number of carbonyl (C=O) groups is 1. The molecule has 6 nitrogen and oxygen atoms in total. The van der Waals surface area contributed by atoms with Crippen LogP contribution in [0.1, 0.15) is 27.8 Å². The van der Waals surface area contributed by atoms with Crippen molar-refractivity contribution in [2.45, 2.75) is 39.5 Å². The van der Waals surface area contributed by atoms with Gasteiger partial charge in [-0.1, -0.05) is 18.2 Å². The molecule has 3 aromatic carbocycles. The van der Waals surface area contributed by atoms with Crippen molar-refractivity contribution < 1.29 is 17.9 Å². The number of aryl methyl sites for hydroxylation is 5. The van der Waals surface area contributed by atoms with E-state index < -0.39 is 15.9 Å². The third-order valence-electron chi connectivity index (χ3n) is 5.46. The molecule has 3 aromatic rings. The highest BCUT2D eigenvalue weighted by Gasteiger charge is 2.30. The maximum atomic E-state index is 13.8. The normalized spacial score (nSPS) is 11.2. The lowest BCUT2D eigenvalue weighted by Crippen LogP contribution is -2.38. The highest BCUT2D eigenvalue weighted by atomic mass is 32.2. The van der Waals surface area contributed by atoms with E-state index in [9.17, 15) is 13.2 Å². The van der Waals surface area contributed by atoms with Crippen molar-refractivity contribution in [3.05, 3.63) is 82.4 Å². The maximum Gasteiger partial charge on any atom is 0.268 e. The summed E-state index contributed by atoms with van der Waals surface area (Å²) in [5.74, 6) is -0.211. The van der Waals surface area contributed by atoms with E-state index in [4.69, 9.17) is 4.74 Å². The van der Waals surface area contributed by atoms with Gasteiger partial charge in [-0.25, -0.2) is 8.42 Å². The van der Waals surface area contributed by atoms with Gasteiger partial charge in [0.15, 0.2) is 0 Å². The number of hydrogen-bond acceptors (Lipinski definition) is 4. The largest absolute Gasteiger partial charge is 0.495 e. The molecule has 33 heavy (non-hydrogen) atoms. The lowest BCUT2D eigenvalue weighted by molar-refractivity contribution is -0.114. The molecule has 1 amide bonds. The topological polar surface area (TPSA) is 75.7 Å². The molecule has 0 aliphatic rings. The number of carbonyl (C=O) groups excluding carboxylic acids is 1. The summed E-state index contributed by atoms with van der Waals surface area (Å²) in [6.07, 6.45) is 0. The summed E-state index contributed by atoms with van der Waals surface area (Å²) in [4.78, 5) is 13.0. The smallest absolute Gasteiger partial charge is 0.268 e. The number of benzene rings is 3. The fourth-order valence-corrected chi connectivity index (χ4v) is 5.33. The number of sulfonamides is 1. The van der Waals surface area contributed by atoms with Gasteiger partial charge in [0.25, 0.3) is 10.0 Å². The van der Waals surface area contributed by atoms with Crippen molar-refractivity contribution in [2.75, 3.05) is 23.3 Å². The summed E-state index contributed by atoms with van der Waals surface area (Å²) in [5.41, 5.74) is 5.79. The van der Waals surface area contributed by atoms with E-state index in [1.54, 1.807) is 30.3 Å². The number of nitrogens with one attached hydrogen (secondary N) is 1. The standard InChI is InChI=1S/C26H30N2O4S/c1-17-7-10-24(32-6)25(14-17)33(30,31)28(23-9-8-20(4)21(5)15-23)16-26(29)27-22-12-18(2)11-19(3)13-22/h7-15H,16H2,1-6H3,(H,27,29). The Morgan fingerprint density at radius 2 is 1.52 bits per heavy atom. The molecule has 0 aromatic heterocycles. The predicted octanol–water partition coefficient (Wildman–Crippen LogP) is 5.07. The van der Waals surface area contributed by atoms with Gasteiger partial charge in [-0.2, -0.15) is 0 Å². The molecule has 0 fully saturated rings. The third kappa shape index (κ3) is 5.54. The van der Waals surface area contributed by atoms with Gasteiger partial charge in [-0.15, -0.1) is 0 Å². The van der Waals surface area contributed by atoms with Crippen LogP contribution in [-0.4, -0.2) is 28.0 Å². The fraction of sp³-hybridized carbons (Fsp3) is 0.269. The average Bonchev–Trinajstić information content (AvgIpc) is 2.73. The number of hydrogen-bond donors (Lipinski definition) is 1. The van der Waals surface area contributed by atoms with E-state index in [-0.39, 0.29) is 17.2 Å². The summed E-state index contributed by atoms with van der Waals surface area (Å²) >= 11 is 0. The van der Waals surface area contributed by atoms with Gasteiger partial charge in [-0.05, 0) is 98.8 Å². The zero-order valence-corrected chi connectivity index (χ0v) is 20.7. The van der Waals surface area contributed by atoms with Crippen molar-refractivity contribution in [3.8, 4) is 5.75 Å². The molecule has 0 saturated heterocycles. The molecule has 0 bridgehead atoms. The molecule has 0 radical (unpaired) electrons. The van der Waals surface area contributed by atoms with Gasteiger partial charge >= 0.3 is 0 Å². The Morgan fingerprint density at radius 1 is 0.848 bits per heavy atom. The summed E-state index contributed by atoms with van der Waals surface area (Å²) in [6, 6.07) is 16.0. The Kier molecular flexibility index (Phi) is 7.12. The van der Waals surface area contributed by atoms with Crippen molar-refractivity contribution >= 4 is 27.3 Å². The van der Waals surface area contributed by atoms with Gasteiger partial charge in [0.1, 0.15) is 17.2 Å². The van der Waals surface area contributed by atoms with Crippen LogP contribution in [0.25, 0.3) is 0 Å². The second-order valence-electron chi connectivity index (χ2n) is 8.36. The molecule has 0 unspecified atom stereocenters. The Labute approximate surface area is 196 Å². The monoisotopic (exact) mass is 466 g/mol. The molecular formula is C26H30N2O4S. The molecule has 0 aliphatic heterocycles. The number of anilines is 2. The van der Waals surface area contributed by atoms with E-state index in [0.29, 0.717) is 11.4 Å². The van der Waals surface area contributed by atoms with Gasteiger partial charge in [0.2, 0.25) is 5.91 Å². The Bertz CT molecular complexity index is 1280. The van der Waals surface area contributed by atoms with Crippen molar-refractivity contribution in [1.82, 2.24) is 0 Å². The highest BCUT2D eigenvalue weighted by Crippen LogP contribution is 2.31. The van der Waals surface area contributed by atoms with Crippen LogP contribution in [0.5, 0.6) is 5.75 Å². The van der Waals surface area contributed by atoms with Crippen LogP contribution in [0.4, 0.5) is 11.4 Å². The first-order valence-corrected chi connectivity index (χ1v) is 12.1.